The fraction of sp³-hybridized carbons (Fsp3) is 0.500. The van der Waals surface area contributed by atoms with Crippen LogP contribution in [0.2, 0.25) is 0 Å². The second kappa shape index (κ2) is 5.68. The van der Waals surface area contributed by atoms with Crippen LogP contribution >= 0.6 is 0 Å². The minimum absolute atomic E-state index is 0.00333. The molecule has 0 aliphatic rings. The van der Waals surface area contributed by atoms with E-state index in [-0.39, 0.29) is 12.2 Å². The van der Waals surface area contributed by atoms with Gasteiger partial charge in [0.05, 0.1) is 10.5 Å². The summed E-state index contributed by atoms with van der Waals surface area (Å²) in [6.07, 6.45) is 0. The summed E-state index contributed by atoms with van der Waals surface area (Å²) in [6, 6.07) is 5.03. The summed E-state index contributed by atoms with van der Waals surface area (Å²) in [5, 5.41) is 26.6. The van der Waals surface area contributed by atoms with Crippen molar-refractivity contribution < 1.29 is 10.0 Å². The maximum Gasteiger partial charge on any atom is 0.315 e. The number of anilines is 2. The summed E-state index contributed by atoms with van der Waals surface area (Å²) in [7, 11) is 0. The molecule has 0 aliphatic carbocycles. The lowest BCUT2D eigenvalue weighted by atomic mass is 10.1. The number of nitro benzene ring substituents is 1. The summed E-state index contributed by atoms with van der Waals surface area (Å²) in [5.74, 6) is 0. The topological polar surface area (TPSA) is 87.4 Å². The standard InChI is InChI=1S/C12H19N3O3/c1-4-13-9-6-5-7-10(11(9)15(17)18)14-8-12(2,3)16/h5-7,13-14,16H,4,8H2,1-3H3. The van der Waals surface area contributed by atoms with Crippen LogP contribution in [0.4, 0.5) is 17.1 Å². The molecule has 6 heteroatoms. The molecule has 0 fully saturated rings. The van der Waals surface area contributed by atoms with E-state index in [2.05, 4.69) is 10.6 Å². The first-order chi connectivity index (χ1) is 8.35. The number of hydrogen-bond acceptors (Lipinski definition) is 5. The molecular formula is C12H19N3O3. The largest absolute Gasteiger partial charge is 0.389 e. The molecule has 0 amide bonds. The molecule has 0 spiro atoms. The lowest BCUT2D eigenvalue weighted by Crippen LogP contribution is -2.29. The highest BCUT2D eigenvalue weighted by Crippen LogP contribution is 2.32. The van der Waals surface area contributed by atoms with Crippen molar-refractivity contribution in [2.75, 3.05) is 23.7 Å². The number of nitrogens with zero attached hydrogens (tertiary/aromatic N) is 1. The van der Waals surface area contributed by atoms with E-state index in [0.29, 0.717) is 17.9 Å². The zero-order chi connectivity index (χ0) is 13.8. The van der Waals surface area contributed by atoms with Crippen molar-refractivity contribution in [3.05, 3.63) is 28.3 Å². The Morgan fingerprint density at radius 1 is 1.33 bits per heavy atom. The molecule has 0 radical (unpaired) electrons. The van der Waals surface area contributed by atoms with Crippen LogP contribution in [0.5, 0.6) is 0 Å². The fourth-order valence-electron chi connectivity index (χ4n) is 1.53. The van der Waals surface area contributed by atoms with Crippen LogP contribution < -0.4 is 10.6 Å². The fourth-order valence-corrected chi connectivity index (χ4v) is 1.53. The predicted molar refractivity (Wildman–Crippen MR) is 72.0 cm³/mol. The first kappa shape index (κ1) is 14.2. The number of para-hydroxylation sites is 1. The Bertz CT molecular complexity index is 427. The average Bonchev–Trinajstić information content (AvgIpc) is 2.25. The number of rotatable bonds is 6. The van der Waals surface area contributed by atoms with Gasteiger partial charge in [0.2, 0.25) is 0 Å². The van der Waals surface area contributed by atoms with Crippen LogP contribution in [0, 0.1) is 10.1 Å². The number of hydrogen-bond donors (Lipinski definition) is 3. The van der Waals surface area contributed by atoms with Gasteiger partial charge in [-0.1, -0.05) is 6.07 Å². The van der Waals surface area contributed by atoms with Crippen LogP contribution in [0.1, 0.15) is 20.8 Å². The Labute approximate surface area is 106 Å². The van der Waals surface area contributed by atoms with E-state index >= 15 is 0 Å². The third kappa shape index (κ3) is 3.89. The second-order valence-electron chi connectivity index (χ2n) is 4.66. The van der Waals surface area contributed by atoms with Crippen LogP contribution in [0.15, 0.2) is 18.2 Å². The van der Waals surface area contributed by atoms with Crippen molar-refractivity contribution in [1.82, 2.24) is 0 Å². The molecule has 0 atom stereocenters. The maximum atomic E-state index is 11.1. The van der Waals surface area contributed by atoms with Crippen LogP contribution in [0.25, 0.3) is 0 Å². The molecule has 1 aromatic carbocycles. The lowest BCUT2D eigenvalue weighted by Gasteiger charge is -2.19. The minimum Gasteiger partial charge on any atom is -0.389 e. The summed E-state index contributed by atoms with van der Waals surface area (Å²) in [5.41, 5.74) is -0.0466. The molecule has 3 N–H and O–H groups in total. The van der Waals surface area contributed by atoms with Gasteiger partial charge < -0.3 is 15.7 Å². The zero-order valence-electron chi connectivity index (χ0n) is 10.9. The van der Waals surface area contributed by atoms with Gasteiger partial charge >= 0.3 is 5.69 Å². The van der Waals surface area contributed by atoms with Crippen LogP contribution in [-0.4, -0.2) is 28.7 Å². The summed E-state index contributed by atoms with van der Waals surface area (Å²) in [4.78, 5) is 10.7. The highest BCUT2D eigenvalue weighted by atomic mass is 16.6. The van der Waals surface area contributed by atoms with E-state index in [1.54, 1.807) is 32.0 Å². The summed E-state index contributed by atoms with van der Waals surface area (Å²) < 4.78 is 0. The second-order valence-corrected chi connectivity index (χ2v) is 4.66. The minimum atomic E-state index is -0.929. The van der Waals surface area contributed by atoms with E-state index in [1.165, 1.54) is 0 Å². The van der Waals surface area contributed by atoms with Crippen molar-refractivity contribution in [2.45, 2.75) is 26.4 Å². The molecule has 6 nitrogen and oxygen atoms in total. The van der Waals surface area contributed by atoms with Crippen molar-refractivity contribution in [1.29, 1.82) is 0 Å². The molecule has 0 bridgehead atoms. The third-order valence-electron chi connectivity index (χ3n) is 2.30. The van der Waals surface area contributed by atoms with E-state index in [4.69, 9.17) is 0 Å². The first-order valence-corrected chi connectivity index (χ1v) is 5.82. The van der Waals surface area contributed by atoms with Gasteiger partial charge in [0.25, 0.3) is 0 Å². The molecule has 0 saturated carbocycles. The van der Waals surface area contributed by atoms with Gasteiger partial charge in [-0.15, -0.1) is 0 Å². The Hall–Kier alpha value is -1.82. The molecule has 0 unspecified atom stereocenters. The smallest absolute Gasteiger partial charge is 0.315 e. The van der Waals surface area contributed by atoms with Gasteiger partial charge in [0.1, 0.15) is 11.4 Å². The van der Waals surface area contributed by atoms with Gasteiger partial charge in [0, 0.05) is 13.1 Å². The number of benzene rings is 1. The molecule has 0 aromatic heterocycles. The molecular weight excluding hydrogens is 234 g/mol. The zero-order valence-corrected chi connectivity index (χ0v) is 10.9. The third-order valence-corrected chi connectivity index (χ3v) is 2.30. The molecule has 0 heterocycles. The number of nitro groups is 1. The number of aliphatic hydroxyl groups is 1. The van der Waals surface area contributed by atoms with E-state index in [0.717, 1.165) is 0 Å². The highest BCUT2D eigenvalue weighted by Gasteiger charge is 2.21. The SMILES string of the molecule is CCNc1cccc(NCC(C)(C)O)c1[N+](=O)[O-]. The molecule has 0 saturated heterocycles. The first-order valence-electron chi connectivity index (χ1n) is 5.82. The Kier molecular flexibility index (Phi) is 4.49. The molecule has 18 heavy (non-hydrogen) atoms. The van der Waals surface area contributed by atoms with Gasteiger partial charge in [0.15, 0.2) is 0 Å². The van der Waals surface area contributed by atoms with Crippen LogP contribution in [0.3, 0.4) is 0 Å². The molecule has 100 valence electrons. The number of nitrogens with one attached hydrogen (secondary N) is 2. The van der Waals surface area contributed by atoms with Crippen LogP contribution in [-0.2, 0) is 0 Å². The summed E-state index contributed by atoms with van der Waals surface area (Å²) >= 11 is 0. The van der Waals surface area contributed by atoms with Crippen molar-refractivity contribution in [3.8, 4) is 0 Å². The van der Waals surface area contributed by atoms with E-state index in [9.17, 15) is 15.2 Å². The van der Waals surface area contributed by atoms with Gasteiger partial charge in [-0.25, -0.2) is 0 Å². The molecule has 0 aliphatic heterocycles. The molecule has 1 aromatic rings. The van der Waals surface area contributed by atoms with Crippen molar-refractivity contribution in [2.24, 2.45) is 0 Å². The normalized spacial score (nSPS) is 11.1. The predicted octanol–water partition coefficient (Wildman–Crippen LogP) is 2.21. The van der Waals surface area contributed by atoms with Gasteiger partial charge in [-0.2, -0.15) is 0 Å². The maximum absolute atomic E-state index is 11.1. The monoisotopic (exact) mass is 253 g/mol. The Morgan fingerprint density at radius 2 is 1.89 bits per heavy atom. The van der Waals surface area contributed by atoms with Gasteiger partial charge in [-0.3, -0.25) is 10.1 Å². The Balaban J connectivity index is 3.03. The Morgan fingerprint density at radius 3 is 2.33 bits per heavy atom. The van der Waals surface area contributed by atoms with E-state index < -0.39 is 10.5 Å². The quantitative estimate of drug-likeness (QED) is 0.534. The average molecular weight is 253 g/mol. The van der Waals surface area contributed by atoms with E-state index in [1.807, 2.05) is 6.92 Å². The van der Waals surface area contributed by atoms with Gasteiger partial charge in [-0.05, 0) is 32.9 Å². The summed E-state index contributed by atoms with van der Waals surface area (Å²) in [6.45, 7) is 6.00. The molecule has 1 rings (SSSR count). The van der Waals surface area contributed by atoms with Crippen molar-refractivity contribution in [3.63, 3.8) is 0 Å². The highest BCUT2D eigenvalue weighted by molar-refractivity contribution is 5.76. The van der Waals surface area contributed by atoms with Crippen molar-refractivity contribution >= 4 is 17.1 Å². The lowest BCUT2D eigenvalue weighted by molar-refractivity contribution is -0.383.